The van der Waals surface area contributed by atoms with Crippen molar-refractivity contribution in [2.45, 2.75) is 31.2 Å². The van der Waals surface area contributed by atoms with Gasteiger partial charge in [0.2, 0.25) is 0 Å². The quantitative estimate of drug-likeness (QED) is 0.774. The van der Waals surface area contributed by atoms with Crippen LogP contribution in [0, 0.1) is 5.82 Å². The second-order valence-electron chi connectivity index (χ2n) is 4.15. The highest BCUT2D eigenvalue weighted by Gasteiger charge is 2.37. The Balaban J connectivity index is 1.99. The summed E-state index contributed by atoms with van der Waals surface area (Å²) >= 11 is 0. The second-order valence-corrected chi connectivity index (χ2v) is 4.15. The van der Waals surface area contributed by atoms with Crippen LogP contribution in [0.4, 0.5) is 4.39 Å². The minimum absolute atomic E-state index is 0.0179. The normalized spacial score (nSPS) is 18.1. The molecule has 1 aromatic carbocycles. The second kappa shape index (κ2) is 3.24. The van der Waals surface area contributed by atoms with E-state index in [1.165, 1.54) is 12.1 Å². The molecular formula is C11H14FNO. The Morgan fingerprint density at radius 1 is 1.43 bits per heavy atom. The topological polar surface area (TPSA) is 46.2 Å². The largest absolute Gasteiger partial charge is 0.505 e. The van der Waals surface area contributed by atoms with Crippen LogP contribution in [-0.4, -0.2) is 10.6 Å². The van der Waals surface area contributed by atoms with E-state index < -0.39 is 5.82 Å². The molecule has 0 atom stereocenters. The molecule has 0 heterocycles. The van der Waals surface area contributed by atoms with Gasteiger partial charge in [-0.25, -0.2) is 4.39 Å². The molecule has 0 saturated heterocycles. The summed E-state index contributed by atoms with van der Waals surface area (Å²) < 4.78 is 12.7. The third kappa shape index (κ3) is 2.04. The highest BCUT2D eigenvalue weighted by atomic mass is 19.1. The van der Waals surface area contributed by atoms with E-state index in [2.05, 4.69) is 0 Å². The van der Waals surface area contributed by atoms with Gasteiger partial charge in [-0.05, 0) is 43.4 Å². The Labute approximate surface area is 82.5 Å². The van der Waals surface area contributed by atoms with Crippen LogP contribution in [0.15, 0.2) is 18.2 Å². The number of halogens is 1. The molecule has 1 aromatic rings. The van der Waals surface area contributed by atoms with Crippen molar-refractivity contribution in [3.63, 3.8) is 0 Å². The smallest absolute Gasteiger partial charge is 0.164 e. The van der Waals surface area contributed by atoms with Crippen molar-refractivity contribution >= 4 is 0 Å². The van der Waals surface area contributed by atoms with Crippen LogP contribution in [0.3, 0.4) is 0 Å². The van der Waals surface area contributed by atoms with Gasteiger partial charge in [0, 0.05) is 5.54 Å². The lowest BCUT2D eigenvalue weighted by Gasteiger charge is -2.08. The van der Waals surface area contributed by atoms with Gasteiger partial charge in [-0.3, -0.25) is 0 Å². The zero-order valence-electron chi connectivity index (χ0n) is 7.96. The van der Waals surface area contributed by atoms with Crippen LogP contribution in [-0.2, 0) is 6.42 Å². The molecule has 14 heavy (non-hydrogen) atoms. The lowest BCUT2D eigenvalue weighted by Crippen LogP contribution is -2.22. The van der Waals surface area contributed by atoms with Crippen molar-refractivity contribution in [3.05, 3.63) is 29.6 Å². The van der Waals surface area contributed by atoms with E-state index in [-0.39, 0.29) is 11.3 Å². The molecule has 0 bridgehead atoms. The van der Waals surface area contributed by atoms with Crippen LogP contribution in [0.5, 0.6) is 5.75 Å². The number of aromatic hydroxyl groups is 1. The van der Waals surface area contributed by atoms with Crippen LogP contribution < -0.4 is 5.73 Å². The number of hydrogen-bond donors (Lipinski definition) is 2. The molecule has 0 aromatic heterocycles. The molecule has 0 amide bonds. The molecule has 2 rings (SSSR count). The minimum Gasteiger partial charge on any atom is -0.505 e. The van der Waals surface area contributed by atoms with E-state index >= 15 is 0 Å². The Morgan fingerprint density at radius 2 is 2.14 bits per heavy atom. The summed E-state index contributed by atoms with van der Waals surface area (Å²) in [5, 5.41) is 9.14. The highest BCUT2D eigenvalue weighted by molar-refractivity contribution is 5.29. The maximum atomic E-state index is 12.7. The van der Waals surface area contributed by atoms with Crippen molar-refractivity contribution in [3.8, 4) is 5.75 Å². The third-order valence-electron chi connectivity index (χ3n) is 2.81. The predicted octanol–water partition coefficient (Wildman–Crippen LogP) is 1.96. The lowest BCUT2D eigenvalue weighted by molar-refractivity contribution is 0.431. The fourth-order valence-electron chi connectivity index (χ4n) is 1.52. The van der Waals surface area contributed by atoms with Crippen LogP contribution in [0.2, 0.25) is 0 Å². The molecule has 0 radical (unpaired) electrons. The van der Waals surface area contributed by atoms with E-state index in [0.717, 1.165) is 31.2 Å². The molecule has 3 heteroatoms. The summed E-state index contributed by atoms with van der Waals surface area (Å²) in [5.41, 5.74) is 6.89. The average molecular weight is 195 g/mol. The predicted molar refractivity (Wildman–Crippen MR) is 52.5 cm³/mol. The molecular weight excluding hydrogens is 181 g/mol. The van der Waals surface area contributed by atoms with E-state index in [0.29, 0.717) is 0 Å². The van der Waals surface area contributed by atoms with E-state index in [9.17, 15) is 4.39 Å². The van der Waals surface area contributed by atoms with Gasteiger partial charge in [0.1, 0.15) is 0 Å². The number of aryl methyl sites for hydroxylation is 1. The van der Waals surface area contributed by atoms with Crippen LogP contribution >= 0.6 is 0 Å². The average Bonchev–Trinajstić information content (AvgIpc) is 2.87. The number of hydrogen-bond acceptors (Lipinski definition) is 2. The molecule has 0 unspecified atom stereocenters. The third-order valence-corrected chi connectivity index (χ3v) is 2.81. The summed E-state index contributed by atoms with van der Waals surface area (Å²) in [6, 6.07) is 4.46. The number of phenols is 1. The highest BCUT2D eigenvalue weighted by Crippen LogP contribution is 2.36. The summed E-state index contributed by atoms with van der Waals surface area (Å²) in [4.78, 5) is 0. The van der Waals surface area contributed by atoms with Crippen molar-refractivity contribution in [1.29, 1.82) is 0 Å². The summed E-state index contributed by atoms with van der Waals surface area (Å²) in [6.07, 6.45) is 3.89. The first-order valence-electron chi connectivity index (χ1n) is 4.85. The van der Waals surface area contributed by atoms with Crippen LogP contribution in [0.25, 0.3) is 0 Å². The number of rotatable bonds is 3. The number of benzene rings is 1. The summed E-state index contributed by atoms with van der Waals surface area (Å²) in [7, 11) is 0. The molecule has 76 valence electrons. The van der Waals surface area contributed by atoms with Gasteiger partial charge in [-0.1, -0.05) is 6.07 Å². The van der Waals surface area contributed by atoms with Gasteiger partial charge in [0.05, 0.1) is 0 Å². The first-order chi connectivity index (χ1) is 6.59. The van der Waals surface area contributed by atoms with Gasteiger partial charge < -0.3 is 10.8 Å². The van der Waals surface area contributed by atoms with Crippen molar-refractivity contribution in [2.75, 3.05) is 0 Å². The Kier molecular flexibility index (Phi) is 2.19. The van der Waals surface area contributed by atoms with Gasteiger partial charge in [-0.2, -0.15) is 0 Å². The summed E-state index contributed by atoms with van der Waals surface area (Å²) in [5.74, 6) is -0.841. The van der Waals surface area contributed by atoms with E-state index in [1.54, 1.807) is 6.07 Å². The van der Waals surface area contributed by atoms with Gasteiger partial charge in [-0.15, -0.1) is 0 Å². The Bertz CT molecular complexity index is 347. The number of nitrogens with two attached hydrogens (primary N) is 1. The molecule has 2 nitrogen and oxygen atoms in total. The SMILES string of the molecule is NC1(CCc2ccc(F)c(O)c2)CC1. The fraction of sp³-hybridized carbons (Fsp3) is 0.455. The molecule has 0 aliphatic heterocycles. The molecule has 3 N–H and O–H groups in total. The standard InChI is InChI=1S/C11H14FNO/c12-9-2-1-8(7-10(9)14)3-4-11(13)5-6-11/h1-2,7,14H,3-6,13H2. The van der Waals surface area contributed by atoms with Gasteiger partial charge >= 0.3 is 0 Å². The molecule has 0 spiro atoms. The number of phenolic OH excluding ortho intramolecular Hbond substituents is 1. The molecule has 1 saturated carbocycles. The molecule has 1 fully saturated rings. The molecule has 1 aliphatic rings. The van der Waals surface area contributed by atoms with E-state index in [4.69, 9.17) is 10.8 Å². The van der Waals surface area contributed by atoms with E-state index in [1.807, 2.05) is 0 Å². The Hall–Kier alpha value is -1.09. The summed E-state index contributed by atoms with van der Waals surface area (Å²) in [6.45, 7) is 0. The first kappa shape index (κ1) is 9.46. The van der Waals surface area contributed by atoms with Gasteiger partial charge in [0.25, 0.3) is 0 Å². The minimum atomic E-state index is -0.567. The zero-order chi connectivity index (χ0) is 10.2. The van der Waals surface area contributed by atoms with Gasteiger partial charge in [0.15, 0.2) is 11.6 Å². The lowest BCUT2D eigenvalue weighted by atomic mass is 10.0. The monoisotopic (exact) mass is 195 g/mol. The van der Waals surface area contributed by atoms with Crippen molar-refractivity contribution in [2.24, 2.45) is 5.73 Å². The van der Waals surface area contributed by atoms with Crippen LogP contribution in [0.1, 0.15) is 24.8 Å². The maximum Gasteiger partial charge on any atom is 0.164 e. The van der Waals surface area contributed by atoms with Crippen molar-refractivity contribution < 1.29 is 9.50 Å². The maximum absolute atomic E-state index is 12.7. The molecule has 1 aliphatic carbocycles. The zero-order valence-corrected chi connectivity index (χ0v) is 7.96. The van der Waals surface area contributed by atoms with Crippen molar-refractivity contribution in [1.82, 2.24) is 0 Å². The fourth-order valence-corrected chi connectivity index (χ4v) is 1.52. The Morgan fingerprint density at radius 3 is 2.71 bits per heavy atom. The first-order valence-corrected chi connectivity index (χ1v) is 4.85.